The lowest BCUT2D eigenvalue weighted by Gasteiger charge is -2.05. The number of anilines is 1. The van der Waals surface area contributed by atoms with E-state index in [-0.39, 0.29) is 0 Å². The summed E-state index contributed by atoms with van der Waals surface area (Å²) in [6.45, 7) is 1.94. The van der Waals surface area contributed by atoms with E-state index in [1.807, 2.05) is 25.1 Å². The number of nitrogens with zero attached hydrogens (tertiary/aromatic N) is 1. The number of hydrogen-bond acceptors (Lipinski definition) is 3. The van der Waals surface area contributed by atoms with Crippen LogP contribution in [-0.4, -0.2) is 17.1 Å². The molecule has 1 aromatic heterocycles. The van der Waals surface area contributed by atoms with Crippen LogP contribution in [0, 0.1) is 6.92 Å². The number of hydrogen-bond donors (Lipinski definition) is 2. The summed E-state index contributed by atoms with van der Waals surface area (Å²) in [5.74, 6) is 1.23. The first-order valence-corrected chi connectivity index (χ1v) is 5.57. The van der Waals surface area contributed by atoms with Gasteiger partial charge in [0.1, 0.15) is 5.75 Å². The highest BCUT2D eigenvalue weighted by molar-refractivity contribution is 9.10. The van der Waals surface area contributed by atoms with Crippen LogP contribution in [0.15, 0.2) is 22.7 Å². The zero-order chi connectivity index (χ0) is 11.7. The van der Waals surface area contributed by atoms with Crippen LogP contribution >= 0.6 is 15.9 Å². The standard InChI is InChI=1S/C11H12BrN3O/c1-6-10(15-11(13)14-6)7-3-4-9(16-2)8(12)5-7/h3-5H,1-2H3,(H3,13,14,15). The second-order valence-corrected chi connectivity index (χ2v) is 4.30. The summed E-state index contributed by atoms with van der Waals surface area (Å²) in [7, 11) is 1.64. The SMILES string of the molecule is COc1ccc(-c2nc(N)[nH]c2C)cc1Br. The third-order valence-corrected chi connectivity index (χ3v) is 2.95. The number of benzene rings is 1. The molecule has 5 heteroatoms. The molecule has 0 saturated heterocycles. The lowest BCUT2D eigenvalue weighted by Crippen LogP contribution is -1.87. The molecule has 0 atom stereocenters. The van der Waals surface area contributed by atoms with Crippen LogP contribution in [0.4, 0.5) is 5.95 Å². The molecule has 4 nitrogen and oxygen atoms in total. The third kappa shape index (κ3) is 1.90. The molecule has 2 aromatic rings. The highest BCUT2D eigenvalue weighted by atomic mass is 79.9. The summed E-state index contributed by atoms with van der Waals surface area (Å²) in [6, 6.07) is 5.80. The van der Waals surface area contributed by atoms with Crippen LogP contribution in [0.25, 0.3) is 11.3 Å². The van der Waals surface area contributed by atoms with Gasteiger partial charge in [-0.3, -0.25) is 0 Å². The second-order valence-electron chi connectivity index (χ2n) is 3.44. The lowest BCUT2D eigenvalue weighted by molar-refractivity contribution is 0.412. The number of nitrogens with two attached hydrogens (primary N) is 1. The molecule has 16 heavy (non-hydrogen) atoms. The van der Waals surface area contributed by atoms with Gasteiger partial charge in [0, 0.05) is 11.3 Å². The molecule has 0 unspecified atom stereocenters. The first kappa shape index (κ1) is 11.0. The van der Waals surface area contributed by atoms with Gasteiger partial charge in [-0.2, -0.15) is 0 Å². The fourth-order valence-electron chi connectivity index (χ4n) is 1.58. The molecule has 0 radical (unpaired) electrons. The van der Waals surface area contributed by atoms with Gasteiger partial charge in [0.25, 0.3) is 0 Å². The number of aryl methyl sites for hydroxylation is 1. The largest absolute Gasteiger partial charge is 0.496 e. The van der Waals surface area contributed by atoms with Crippen molar-refractivity contribution < 1.29 is 4.74 Å². The van der Waals surface area contributed by atoms with E-state index in [1.165, 1.54) is 0 Å². The number of nitrogen functional groups attached to an aromatic ring is 1. The van der Waals surface area contributed by atoms with Crippen LogP contribution in [0.5, 0.6) is 5.75 Å². The molecular formula is C11H12BrN3O. The van der Waals surface area contributed by atoms with Crippen molar-refractivity contribution in [2.24, 2.45) is 0 Å². The third-order valence-electron chi connectivity index (χ3n) is 2.33. The number of ether oxygens (including phenoxy) is 1. The van der Waals surface area contributed by atoms with Gasteiger partial charge in [0.15, 0.2) is 5.95 Å². The number of aromatic amines is 1. The second kappa shape index (κ2) is 4.17. The maximum atomic E-state index is 5.61. The van der Waals surface area contributed by atoms with E-state index in [0.717, 1.165) is 27.2 Å². The zero-order valence-corrected chi connectivity index (χ0v) is 10.6. The minimum absolute atomic E-state index is 0.430. The normalized spacial score (nSPS) is 10.4. The maximum absolute atomic E-state index is 5.61. The Balaban J connectivity index is 2.49. The molecule has 1 heterocycles. The Hall–Kier alpha value is -1.49. The van der Waals surface area contributed by atoms with Gasteiger partial charge in [0.2, 0.25) is 0 Å². The van der Waals surface area contributed by atoms with Crippen molar-refractivity contribution >= 4 is 21.9 Å². The highest BCUT2D eigenvalue weighted by Gasteiger charge is 2.09. The van der Waals surface area contributed by atoms with Crippen molar-refractivity contribution in [3.8, 4) is 17.0 Å². The Morgan fingerprint density at radius 3 is 2.69 bits per heavy atom. The van der Waals surface area contributed by atoms with E-state index in [2.05, 4.69) is 25.9 Å². The fourth-order valence-corrected chi connectivity index (χ4v) is 2.12. The van der Waals surface area contributed by atoms with Crippen LogP contribution in [0.1, 0.15) is 5.69 Å². The van der Waals surface area contributed by atoms with Crippen molar-refractivity contribution in [1.82, 2.24) is 9.97 Å². The van der Waals surface area contributed by atoms with Crippen LogP contribution < -0.4 is 10.5 Å². The van der Waals surface area contributed by atoms with Crippen molar-refractivity contribution in [2.45, 2.75) is 6.92 Å². The molecule has 0 saturated carbocycles. The van der Waals surface area contributed by atoms with Gasteiger partial charge in [-0.1, -0.05) is 0 Å². The van der Waals surface area contributed by atoms with Crippen molar-refractivity contribution in [1.29, 1.82) is 0 Å². The van der Waals surface area contributed by atoms with Gasteiger partial charge >= 0.3 is 0 Å². The molecule has 0 fully saturated rings. The molecule has 0 amide bonds. The Morgan fingerprint density at radius 1 is 1.44 bits per heavy atom. The van der Waals surface area contributed by atoms with Crippen molar-refractivity contribution in [3.63, 3.8) is 0 Å². The van der Waals surface area contributed by atoms with E-state index >= 15 is 0 Å². The average molecular weight is 282 g/mol. The van der Waals surface area contributed by atoms with Crippen LogP contribution in [0.3, 0.4) is 0 Å². The Bertz CT molecular complexity index is 522. The molecule has 0 aliphatic rings. The van der Waals surface area contributed by atoms with Crippen LogP contribution in [-0.2, 0) is 0 Å². The van der Waals surface area contributed by atoms with Gasteiger partial charge < -0.3 is 15.5 Å². The van der Waals surface area contributed by atoms with Crippen molar-refractivity contribution in [3.05, 3.63) is 28.4 Å². The highest BCUT2D eigenvalue weighted by Crippen LogP contribution is 2.31. The number of imidazole rings is 1. The minimum atomic E-state index is 0.430. The molecule has 0 spiro atoms. The monoisotopic (exact) mass is 281 g/mol. The summed E-state index contributed by atoms with van der Waals surface area (Å²) < 4.78 is 6.07. The number of methoxy groups -OCH3 is 1. The average Bonchev–Trinajstić information content (AvgIpc) is 2.58. The quantitative estimate of drug-likeness (QED) is 0.890. The summed E-state index contributed by atoms with van der Waals surface area (Å²) >= 11 is 3.44. The topological polar surface area (TPSA) is 63.9 Å². The molecule has 0 aliphatic carbocycles. The Labute approximate surface area is 102 Å². The van der Waals surface area contributed by atoms with E-state index in [9.17, 15) is 0 Å². The smallest absolute Gasteiger partial charge is 0.198 e. The van der Waals surface area contributed by atoms with E-state index in [4.69, 9.17) is 10.5 Å². The van der Waals surface area contributed by atoms with Gasteiger partial charge in [-0.15, -0.1) is 0 Å². The number of halogens is 1. The van der Waals surface area contributed by atoms with E-state index in [0.29, 0.717) is 5.95 Å². The number of H-pyrrole nitrogens is 1. The molecule has 2 rings (SSSR count). The number of aromatic nitrogens is 2. The molecule has 3 N–H and O–H groups in total. The number of rotatable bonds is 2. The molecule has 0 aliphatic heterocycles. The maximum Gasteiger partial charge on any atom is 0.198 e. The van der Waals surface area contributed by atoms with Gasteiger partial charge in [-0.05, 0) is 41.1 Å². The molecule has 1 aromatic carbocycles. The summed E-state index contributed by atoms with van der Waals surface area (Å²) in [4.78, 5) is 7.21. The van der Waals surface area contributed by atoms with Crippen molar-refractivity contribution in [2.75, 3.05) is 12.8 Å². The lowest BCUT2D eigenvalue weighted by atomic mass is 10.1. The van der Waals surface area contributed by atoms with Gasteiger partial charge in [-0.25, -0.2) is 4.98 Å². The van der Waals surface area contributed by atoms with Crippen LogP contribution in [0.2, 0.25) is 0 Å². The predicted octanol–water partition coefficient (Wildman–Crippen LogP) is 2.74. The first-order chi connectivity index (χ1) is 7.61. The summed E-state index contributed by atoms with van der Waals surface area (Å²) in [5, 5.41) is 0. The summed E-state index contributed by atoms with van der Waals surface area (Å²) in [6.07, 6.45) is 0. The minimum Gasteiger partial charge on any atom is -0.496 e. The summed E-state index contributed by atoms with van der Waals surface area (Å²) in [5.41, 5.74) is 8.42. The molecule has 0 bridgehead atoms. The molecular weight excluding hydrogens is 270 g/mol. The molecule has 84 valence electrons. The first-order valence-electron chi connectivity index (χ1n) is 4.78. The number of nitrogens with one attached hydrogen (secondary N) is 1. The van der Waals surface area contributed by atoms with E-state index < -0.39 is 0 Å². The van der Waals surface area contributed by atoms with E-state index in [1.54, 1.807) is 7.11 Å². The Morgan fingerprint density at radius 2 is 2.19 bits per heavy atom. The predicted molar refractivity (Wildman–Crippen MR) is 67.4 cm³/mol. The Kier molecular flexibility index (Phi) is 2.87. The fraction of sp³-hybridized carbons (Fsp3) is 0.182. The van der Waals surface area contributed by atoms with Gasteiger partial charge in [0.05, 0.1) is 17.3 Å². The zero-order valence-electron chi connectivity index (χ0n) is 9.04.